The number of carbonyl (C=O) groups excluding carboxylic acids is 3. The molecule has 1 heterocycles. The van der Waals surface area contributed by atoms with Crippen LogP contribution in [0.25, 0.3) is 0 Å². The van der Waals surface area contributed by atoms with Gasteiger partial charge in [0.1, 0.15) is 0 Å². The first-order valence-electron chi connectivity index (χ1n) is 10.4. The van der Waals surface area contributed by atoms with Gasteiger partial charge in [-0.15, -0.1) is 0 Å². The van der Waals surface area contributed by atoms with E-state index < -0.39 is 6.04 Å². The van der Waals surface area contributed by atoms with E-state index >= 15 is 0 Å². The van der Waals surface area contributed by atoms with Crippen molar-refractivity contribution in [2.45, 2.75) is 57.5 Å². The second-order valence-corrected chi connectivity index (χ2v) is 7.77. The third kappa shape index (κ3) is 7.52. The molecule has 0 spiro atoms. The number of nitrogens with two attached hydrogens (primary N) is 2. The molecule has 2 rings (SSSR count). The summed E-state index contributed by atoms with van der Waals surface area (Å²) in [5.74, 6) is -0.642. The first-order chi connectivity index (χ1) is 13.8. The second kappa shape index (κ2) is 11.0. The average molecular weight is 411 g/mol. The van der Waals surface area contributed by atoms with Crippen LogP contribution in [0.3, 0.4) is 0 Å². The Morgan fingerprint density at radius 3 is 2.66 bits per heavy atom. The summed E-state index contributed by atoms with van der Waals surface area (Å²) >= 11 is 0. The van der Waals surface area contributed by atoms with Gasteiger partial charge in [0, 0.05) is 32.2 Å². The van der Waals surface area contributed by atoms with Crippen LogP contribution in [0, 0.1) is 11.3 Å². The third-order valence-electron chi connectivity index (χ3n) is 5.30. The molecule has 2 atom stereocenters. The highest BCUT2D eigenvalue weighted by atomic mass is 16.5. The lowest BCUT2D eigenvalue weighted by molar-refractivity contribution is -0.144. The first kappa shape index (κ1) is 22.9. The summed E-state index contributed by atoms with van der Waals surface area (Å²) in [6.45, 7) is 4.19. The summed E-state index contributed by atoms with van der Waals surface area (Å²) in [6.07, 6.45) is 3.70. The molecular weight excluding hydrogens is 376 g/mol. The van der Waals surface area contributed by atoms with Gasteiger partial charge in [-0.25, -0.2) is 0 Å². The maximum absolute atomic E-state index is 12.7. The molecule has 1 saturated heterocycles. The van der Waals surface area contributed by atoms with Crippen molar-refractivity contribution in [2.24, 2.45) is 17.4 Å². The molecule has 2 amide bonds. The lowest BCUT2D eigenvalue weighted by atomic mass is 9.98. The number of piperidine rings is 1. The zero-order chi connectivity index (χ0) is 21.4. The molecule has 0 bridgehead atoms. The van der Waals surface area contributed by atoms with Gasteiger partial charge in [0.15, 0.2) is 5.96 Å². The Labute approximate surface area is 171 Å². The summed E-state index contributed by atoms with van der Waals surface area (Å²) in [6, 6.07) is -0.830. The molecule has 164 valence electrons. The number of guanidine groups is 1. The highest BCUT2D eigenvalue weighted by Crippen LogP contribution is 2.27. The van der Waals surface area contributed by atoms with E-state index in [0.717, 1.165) is 32.2 Å². The number of hydrogen-bond donors (Lipinski definition) is 4. The monoisotopic (exact) mass is 410 g/mol. The molecule has 0 aromatic heterocycles. The molecule has 1 saturated carbocycles. The summed E-state index contributed by atoms with van der Waals surface area (Å²) in [4.78, 5) is 39.9. The molecule has 10 nitrogen and oxygen atoms in total. The molecule has 6 N–H and O–H groups in total. The van der Waals surface area contributed by atoms with E-state index in [1.165, 1.54) is 0 Å². The van der Waals surface area contributed by atoms with E-state index in [1.54, 1.807) is 16.7 Å². The Hall–Kier alpha value is -2.36. The van der Waals surface area contributed by atoms with Gasteiger partial charge in [0.05, 0.1) is 25.5 Å². The molecular formula is C19H34N6O4. The Bertz CT molecular complexity index is 610. The molecule has 1 aliphatic heterocycles. The molecule has 2 fully saturated rings. The molecule has 10 heteroatoms. The molecule has 0 aromatic carbocycles. The molecule has 1 aliphatic carbocycles. The highest BCUT2D eigenvalue weighted by Gasteiger charge is 2.35. The van der Waals surface area contributed by atoms with Gasteiger partial charge >= 0.3 is 5.97 Å². The highest BCUT2D eigenvalue weighted by molar-refractivity contribution is 5.88. The lowest BCUT2D eigenvalue weighted by Gasteiger charge is -2.33. The minimum atomic E-state index is -0.933. The Balaban J connectivity index is 1.76. The van der Waals surface area contributed by atoms with Crippen LogP contribution in [0.4, 0.5) is 0 Å². The van der Waals surface area contributed by atoms with Crippen LogP contribution in [0.1, 0.15) is 45.4 Å². The smallest absolute Gasteiger partial charge is 0.307 e. The molecule has 0 aromatic rings. The maximum Gasteiger partial charge on any atom is 0.307 e. The average Bonchev–Trinajstić information content (AvgIpc) is 3.52. The zero-order valence-electron chi connectivity index (χ0n) is 17.2. The fourth-order valence-corrected chi connectivity index (χ4v) is 3.58. The van der Waals surface area contributed by atoms with Crippen molar-refractivity contribution >= 4 is 23.7 Å². The normalized spacial score (nSPS) is 19.9. The van der Waals surface area contributed by atoms with Crippen LogP contribution in [0.15, 0.2) is 0 Å². The number of amides is 2. The largest absolute Gasteiger partial charge is 0.466 e. The van der Waals surface area contributed by atoms with Crippen LogP contribution in [0.2, 0.25) is 0 Å². The van der Waals surface area contributed by atoms with Crippen LogP contribution in [-0.2, 0) is 19.1 Å². The topological polar surface area (TPSA) is 155 Å². The van der Waals surface area contributed by atoms with Crippen LogP contribution in [-0.4, -0.2) is 78.4 Å². The molecule has 29 heavy (non-hydrogen) atoms. The van der Waals surface area contributed by atoms with Gasteiger partial charge in [0.2, 0.25) is 11.8 Å². The number of nitrogens with zero attached hydrogens (tertiary/aromatic N) is 2. The van der Waals surface area contributed by atoms with Gasteiger partial charge in [-0.2, -0.15) is 0 Å². The fraction of sp³-hybridized carbons (Fsp3) is 0.789. The van der Waals surface area contributed by atoms with Crippen LogP contribution >= 0.6 is 0 Å². The van der Waals surface area contributed by atoms with Crippen molar-refractivity contribution in [2.75, 3.05) is 32.8 Å². The first-order valence-corrected chi connectivity index (χ1v) is 10.4. The van der Waals surface area contributed by atoms with Crippen molar-refractivity contribution in [1.82, 2.24) is 15.1 Å². The van der Waals surface area contributed by atoms with E-state index in [-0.39, 0.29) is 55.1 Å². The van der Waals surface area contributed by atoms with Gasteiger partial charge in [-0.3, -0.25) is 19.8 Å². The molecule has 0 radical (unpaired) electrons. The lowest BCUT2D eigenvalue weighted by Crippen LogP contribution is -2.49. The maximum atomic E-state index is 12.7. The number of rotatable bonds is 10. The Morgan fingerprint density at radius 1 is 1.31 bits per heavy atom. The van der Waals surface area contributed by atoms with Crippen LogP contribution in [0.5, 0.6) is 0 Å². The number of esters is 1. The summed E-state index contributed by atoms with van der Waals surface area (Å²) in [5, 5.41) is 10.4. The van der Waals surface area contributed by atoms with Gasteiger partial charge in [0.25, 0.3) is 0 Å². The van der Waals surface area contributed by atoms with E-state index in [0.29, 0.717) is 19.7 Å². The summed E-state index contributed by atoms with van der Waals surface area (Å²) in [5.41, 5.74) is 11.5. The van der Waals surface area contributed by atoms with Gasteiger partial charge in [-0.05, 0) is 38.5 Å². The van der Waals surface area contributed by atoms with Crippen molar-refractivity contribution in [1.29, 1.82) is 5.41 Å². The van der Waals surface area contributed by atoms with E-state index in [4.69, 9.17) is 21.6 Å². The number of likely N-dealkylation sites (tertiary alicyclic amines) is 1. The summed E-state index contributed by atoms with van der Waals surface area (Å²) < 4.78 is 4.91. The third-order valence-corrected chi connectivity index (χ3v) is 5.30. The number of ether oxygens (including phenoxy) is 1. The molecule has 0 unspecified atom stereocenters. The Kier molecular flexibility index (Phi) is 8.69. The van der Waals surface area contributed by atoms with Gasteiger partial charge < -0.3 is 31.3 Å². The fourth-order valence-electron chi connectivity index (χ4n) is 3.58. The minimum absolute atomic E-state index is 0.0524. The Morgan fingerprint density at radius 2 is 2.03 bits per heavy atom. The predicted molar refractivity (Wildman–Crippen MR) is 108 cm³/mol. The van der Waals surface area contributed by atoms with Crippen molar-refractivity contribution in [3.63, 3.8) is 0 Å². The van der Waals surface area contributed by atoms with Crippen molar-refractivity contribution < 1.29 is 19.1 Å². The predicted octanol–water partition coefficient (Wildman–Crippen LogP) is -0.630. The summed E-state index contributed by atoms with van der Waals surface area (Å²) in [7, 11) is 0. The van der Waals surface area contributed by atoms with E-state index in [9.17, 15) is 14.4 Å². The number of hydrogen-bond acceptors (Lipinski definition) is 6. The van der Waals surface area contributed by atoms with E-state index in [2.05, 4.69) is 5.32 Å². The van der Waals surface area contributed by atoms with Crippen molar-refractivity contribution in [3.8, 4) is 0 Å². The second-order valence-electron chi connectivity index (χ2n) is 7.77. The van der Waals surface area contributed by atoms with Crippen molar-refractivity contribution in [3.05, 3.63) is 0 Å². The molecule has 2 aliphatic rings. The number of carbonyl (C=O) groups is 3. The quantitative estimate of drug-likeness (QED) is 0.212. The van der Waals surface area contributed by atoms with Crippen LogP contribution < -0.4 is 16.8 Å². The zero-order valence-corrected chi connectivity index (χ0v) is 17.2. The SMILES string of the molecule is CCOC(=O)CCN(C(=O)[C@@H](N)CC(=O)NC[C@@H]1CCCN(C(=N)N)C1)C1CC1. The van der Waals surface area contributed by atoms with Gasteiger partial charge in [-0.1, -0.05) is 0 Å². The standard InChI is InChI=1S/C19H34N6O4/c1-2-29-17(27)7-9-25(14-5-6-14)18(28)15(20)10-16(26)23-11-13-4-3-8-24(12-13)19(21)22/h13-15H,2-12,20H2,1H3,(H3,21,22)(H,23,26)/t13-,15-/m0/s1. The minimum Gasteiger partial charge on any atom is -0.466 e. The van der Waals surface area contributed by atoms with E-state index in [1.807, 2.05) is 0 Å². The number of nitrogens with one attached hydrogen (secondary N) is 2.